The number of hydrogen-bond acceptors (Lipinski definition) is 4. The molecule has 2 heterocycles. The van der Waals surface area contributed by atoms with E-state index in [2.05, 4.69) is 0 Å². The highest BCUT2D eigenvalue weighted by atomic mass is 16.5. The summed E-state index contributed by atoms with van der Waals surface area (Å²) in [6.07, 6.45) is 4.37. The summed E-state index contributed by atoms with van der Waals surface area (Å²) in [5, 5.41) is 0. The Hall–Kier alpha value is -2.08. The number of aromatic nitrogens is 2. The number of carbonyl (C=O) groups is 1. The van der Waals surface area contributed by atoms with Crippen molar-refractivity contribution in [3.63, 3.8) is 0 Å². The van der Waals surface area contributed by atoms with Gasteiger partial charge in [-0.25, -0.2) is 9.59 Å². The Labute approximate surface area is 146 Å². The summed E-state index contributed by atoms with van der Waals surface area (Å²) in [5.41, 5.74) is 2.25. The summed E-state index contributed by atoms with van der Waals surface area (Å²) < 4.78 is 14.0. The number of hydrogen-bond donors (Lipinski definition) is 0. The Morgan fingerprint density at radius 1 is 1.20 bits per heavy atom. The maximum Gasteiger partial charge on any atom is 0.337 e. The SMILES string of the molecule is COC(=O)c1ccc2c(c1)n(CC[C@H]1CCOC1)c(=O)n2CC1CC1. The van der Waals surface area contributed by atoms with Crippen LogP contribution in [0.2, 0.25) is 0 Å². The van der Waals surface area contributed by atoms with Crippen molar-refractivity contribution in [1.82, 2.24) is 9.13 Å². The highest BCUT2D eigenvalue weighted by Gasteiger charge is 2.25. The molecule has 6 nitrogen and oxygen atoms in total. The van der Waals surface area contributed by atoms with Crippen molar-refractivity contribution in [3.05, 3.63) is 34.2 Å². The molecule has 2 aliphatic rings. The third-order valence-corrected chi connectivity index (χ3v) is 5.36. The van der Waals surface area contributed by atoms with E-state index in [1.807, 2.05) is 15.2 Å². The molecule has 1 atom stereocenters. The van der Waals surface area contributed by atoms with E-state index in [0.29, 0.717) is 23.9 Å². The van der Waals surface area contributed by atoms with Gasteiger partial charge in [0.2, 0.25) is 0 Å². The second kappa shape index (κ2) is 6.67. The number of esters is 1. The summed E-state index contributed by atoms with van der Waals surface area (Å²) >= 11 is 0. The highest BCUT2D eigenvalue weighted by Crippen LogP contribution is 2.31. The van der Waals surface area contributed by atoms with Gasteiger partial charge in [-0.15, -0.1) is 0 Å². The van der Waals surface area contributed by atoms with E-state index in [1.165, 1.54) is 20.0 Å². The van der Waals surface area contributed by atoms with Crippen LogP contribution < -0.4 is 5.69 Å². The lowest BCUT2D eigenvalue weighted by Gasteiger charge is -2.08. The number of aryl methyl sites for hydroxylation is 1. The fraction of sp³-hybridized carbons (Fsp3) is 0.579. The Balaban J connectivity index is 1.72. The predicted molar refractivity (Wildman–Crippen MR) is 93.8 cm³/mol. The fourth-order valence-corrected chi connectivity index (χ4v) is 3.64. The molecule has 0 spiro atoms. The molecule has 25 heavy (non-hydrogen) atoms. The van der Waals surface area contributed by atoms with Crippen LogP contribution in [0.15, 0.2) is 23.0 Å². The lowest BCUT2D eigenvalue weighted by molar-refractivity contribution is 0.0601. The molecule has 2 fully saturated rings. The van der Waals surface area contributed by atoms with Crippen LogP contribution in [0.4, 0.5) is 0 Å². The highest BCUT2D eigenvalue weighted by molar-refractivity contribution is 5.93. The van der Waals surface area contributed by atoms with Gasteiger partial charge in [-0.3, -0.25) is 9.13 Å². The molecule has 0 radical (unpaired) electrons. The maximum absolute atomic E-state index is 13.0. The summed E-state index contributed by atoms with van der Waals surface area (Å²) in [6.45, 7) is 3.02. The Kier molecular flexibility index (Phi) is 4.37. The third-order valence-electron chi connectivity index (χ3n) is 5.36. The number of ether oxygens (including phenoxy) is 2. The van der Waals surface area contributed by atoms with E-state index in [0.717, 1.165) is 43.6 Å². The molecule has 0 unspecified atom stereocenters. The first-order chi connectivity index (χ1) is 12.2. The number of imidazole rings is 1. The van der Waals surface area contributed by atoms with Crippen molar-refractivity contribution in [2.75, 3.05) is 20.3 Å². The van der Waals surface area contributed by atoms with Crippen LogP contribution in [0.5, 0.6) is 0 Å². The van der Waals surface area contributed by atoms with Crippen LogP contribution in [-0.4, -0.2) is 35.4 Å². The lowest BCUT2D eigenvalue weighted by Crippen LogP contribution is -2.25. The molecule has 1 aliphatic heterocycles. The van der Waals surface area contributed by atoms with Gasteiger partial charge in [-0.2, -0.15) is 0 Å². The first-order valence-electron chi connectivity index (χ1n) is 9.06. The fourth-order valence-electron chi connectivity index (χ4n) is 3.64. The van der Waals surface area contributed by atoms with Crippen LogP contribution in [0.1, 0.15) is 36.0 Å². The summed E-state index contributed by atoms with van der Waals surface area (Å²) in [4.78, 5) is 24.9. The molecule has 1 saturated heterocycles. The van der Waals surface area contributed by atoms with Gasteiger partial charge >= 0.3 is 11.7 Å². The van der Waals surface area contributed by atoms with Crippen molar-refractivity contribution in [2.45, 2.75) is 38.8 Å². The zero-order chi connectivity index (χ0) is 17.4. The minimum absolute atomic E-state index is 0.0304. The van der Waals surface area contributed by atoms with Gasteiger partial charge in [-0.05, 0) is 55.7 Å². The Morgan fingerprint density at radius 2 is 2.04 bits per heavy atom. The molecular weight excluding hydrogens is 320 g/mol. The van der Waals surface area contributed by atoms with Gasteiger partial charge < -0.3 is 9.47 Å². The van der Waals surface area contributed by atoms with Gasteiger partial charge in [0.05, 0.1) is 23.7 Å². The average Bonchev–Trinajstić information content (AvgIpc) is 3.23. The molecule has 134 valence electrons. The molecule has 2 aromatic rings. The van der Waals surface area contributed by atoms with Crippen LogP contribution in [0.25, 0.3) is 11.0 Å². The van der Waals surface area contributed by atoms with E-state index in [-0.39, 0.29) is 11.7 Å². The van der Waals surface area contributed by atoms with Gasteiger partial charge in [0, 0.05) is 26.3 Å². The van der Waals surface area contributed by atoms with E-state index >= 15 is 0 Å². The van der Waals surface area contributed by atoms with Crippen LogP contribution >= 0.6 is 0 Å². The first-order valence-corrected chi connectivity index (χ1v) is 9.06. The normalized spacial score (nSPS) is 20.3. The molecule has 4 rings (SSSR count). The third kappa shape index (κ3) is 3.23. The van der Waals surface area contributed by atoms with Crippen LogP contribution in [0.3, 0.4) is 0 Å². The Bertz CT molecular complexity index is 841. The number of benzene rings is 1. The maximum atomic E-state index is 13.0. The van der Waals surface area contributed by atoms with Crippen molar-refractivity contribution in [2.24, 2.45) is 11.8 Å². The molecule has 1 aromatic carbocycles. The monoisotopic (exact) mass is 344 g/mol. The molecule has 0 N–H and O–H groups in total. The molecule has 0 bridgehead atoms. The first kappa shape index (κ1) is 16.4. The van der Waals surface area contributed by atoms with Gasteiger partial charge in [0.15, 0.2) is 0 Å². The van der Waals surface area contributed by atoms with Crippen LogP contribution in [-0.2, 0) is 22.6 Å². The average molecular weight is 344 g/mol. The van der Waals surface area contributed by atoms with Crippen LogP contribution in [0, 0.1) is 11.8 Å². The largest absolute Gasteiger partial charge is 0.465 e. The van der Waals surface area contributed by atoms with Gasteiger partial charge in [0.25, 0.3) is 0 Å². The predicted octanol–water partition coefficient (Wildman–Crippen LogP) is 2.43. The van der Waals surface area contributed by atoms with Crippen molar-refractivity contribution >= 4 is 17.0 Å². The molecule has 1 aromatic heterocycles. The van der Waals surface area contributed by atoms with E-state index in [9.17, 15) is 9.59 Å². The summed E-state index contributed by atoms with van der Waals surface area (Å²) in [5.74, 6) is 0.748. The lowest BCUT2D eigenvalue weighted by atomic mass is 10.1. The van der Waals surface area contributed by atoms with E-state index in [4.69, 9.17) is 9.47 Å². The van der Waals surface area contributed by atoms with Gasteiger partial charge in [-0.1, -0.05) is 0 Å². The minimum Gasteiger partial charge on any atom is -0.465 e. The summed E-state index contributed by atoms with van der Waals surface area (Å²) in [6, 6.07) is 5.41. The van der Waals surface area contributed by atoms with E-state index < -0.39 is 0 Å². The number of nitrogens with zero attached hydrogens (tertiary/aromatic N) is 2. The van der Waals surface area contributed by atoms with Gasteiger partial charge in [0.1, 0.15) is 0 Å². The number of rotatable bonds is 6. The topological polar surface area (TPSA) is 62.5 Å². The zero-order valence-corrected chi connectivity index (χ0v) is 14.6. The number of methoxy groups -OCH3 is 1. The smallest absolute Gasteiger partial charge is 0.337 e. The van der Waals surface area contributed by atoms with Crippen molar-refractivity contribution in [3.8, 4) is 0 Å². The number of carbonyl (C=O) groups excluding carboxylic acids is 1. The molecular formula is C19H24N2O4. The zero-order valence-electron chi connectivity index (χ0n) is 14.6. The van der Waals surface area contributed by atoms with Crippen molar-refractivity contribution in [1.29, 1.82) is 0 Å². The molecule has 1 saturated carbocycles. The van der Waals surface area contributed by atoms with Crippen molar-refractivity contribution < 1.29 is 14.3 Å². The quantitative estimate of drug-likeness (QED) is 0.755. The second-order valence-electron chi connectivity index (χ2n) is 7.20. The molecule has 0 amide bonds. The summed E-state index contributed by atoms with van der Waals surface area (Å²) in [7, 11) is 1.37. The minimum atomic E-state index is -0.375. The van der Waals surface area contributed by atoms with E-state index in [1.54, 1.807) is 12.1 Å². The standard InChI is InChI=1S/C19H24N2O4/c1-24-18(22)15-4-5-16-17(10-15)20(8-6-14-7-9-25-12-14)19(23)21(16)11-13-2-3-13/h4-5,10,13-14H,2-3,6-9,11-12H2,1H3/t14-/m0/s1. The second-order valence-corrected chi connectivity index (χ2v) is 7.20. The number of fused-ring (bicyclic) bond motifs is 1. The Morgan fingerprint density at radius 3 is 2.72 bits per heavy atom. The molecule has 6 heteroatoms. The molecule has 1 aliphatic carbocycles.